The van der Waals surface area contributed by atoms with Crippen LogP contribution in [-0.2, 0) is 0 Å². The molecule has 0 radical (unpaired) electrons. The van der Waals surface area contributed by atoms with Gasteiger partial charge in [-0.15, -0.1) is 0 Å². The first kappa shape index (κ1) is 11.1. The van der Waals surface area contributed by atoms with Crippen LogP contribution in [0, 0.1) is 11.3 Å². The van der Waals surface area contributed by atoms with E-state index < -0.39 is 0 Å². The first-order valence-electron chi connectivity index (χ1n) is 3.90. The lowest BCUT2D eigenvalue weighted by molar-refractivity contribution is 1.30. The lowest BCUT2D eigenvalue weighted by Gasteiger charge is -2.06. The summed E-state index contributed by atoms with van der Waals surface area (Å²) in [5.74, 6) is 0. The van der Waals surface area contributed by atoms with Crippen molar-refractivity contribution in [1.82, 2.24) is 0 Å². The average Bonchev–Trinajstić information content (AvgIpc) is 2.15. The van der Waals surface area contributed by atoms with Gasteiger partial charge in [0.2, 0.25) is 0 Å². The Labute approximate surface area is 96.3 Å². The van der Waals surface area contributed by atoms with Gasteiger partial charge in [0.25, 0.3) is 0 Å². The van der Waals surface area contributed by atoms with Crippen LogP contribution in [0.4, 0.5) is 5.69 Å². The molecule has 1 N–H and O–H groups in total. The number of hydrogen-bond donors (Lipinski definition) is 1. The third-order valence-electron chi connectivity index (χ3n) is 1.57. The Morgan fingerprint density at radius 2 is 2.36 bits per heavy atom. The molecule has 0 unspecified atom stereocenters. The number of nitriles is 1. The van der Waals surface area contributed by atoms with Gasteiger partial charge < -0.3 is 5.32 Å². The lowest BCUT2D eigenvalue weighted by Crippen LogP contribution is -2.02. The van der Waals surface area contributed by atoms with Crippen molar-refractivity contribution in [3.8, 4) is 6.07 Å². The molecule has 0 spiro atoms. The Morgan fingerprint density at radius 1 is 1.64 bits per heavy atom. The Kier molecular flexibility index (Phi) is 3.99. The zero-order chi connectivity index (χ0) is 10.6. The van der Waals surface area contributed by atoms with Crippen molar-refractivity contribution in [2.24, 2.45) is 0 Å². The van der Waals surface area contributed by atoms with Crippen molar-refractivity contribution >= 4 is 33.2 Å². The molecule has 0 bridgehead atoms. The SMILES string of the molecule is C=C(Cl)CNc1ccc(Br)cc1C#N. The normalized spacial score (nSPS) is 9.21. The van der Waals surface area contributed by atoms with E-state index in [1.807, 2.05) is 12.1 Å². The molecule has 0 heterocycles. The molecule has 1 rings (SSSR count). The largest absolute Gasteiger partial charge is 0.379 e. The first-order valence-corrected chi connectivity index (χ1v) is 5.07. The number of nitrogens with zero attached hydrogens (tertiary/aromatic N) is 1. The molecule has 0 amide bonds. The second-order valence-corrected chi connectivity index (χ2v) is 4.12. The summed E-state index contributed by atoms with van der Waals surface area (Å²) in [4.78, 5) is 0. The van der Waals surface area contributed by atoms with Crippen LogP contribution < -0.4 is 5.32 Å². The van der Waals surface area contributed by atoms with Gasteiger partial charge >= 0.3 is 0 Å². The summed E-state index contributed by atoms with van der Waals surface area (Å²) in [6.07, 6.45) is 0. The monoisotopic (exact) mass is 270 g/mol. The van der Waals surface area contributed by atoms with E-state index in [4.69, 9.17) is 16.9 Å². The molecule has 2 nitrogen and oxygen atoms in total. The maximum absolute atomic E-state index is 8.84. The summed E-state index contributed by atoms with van der Waals surface area (Å²) in [5, 5.41) is 12.4. The fourth-order valence-electron chi connectivity index (χ4n) is 0.954. The van der Waals surface area contributed by atoms with Crippen LogP contribution in [0.15, 0.2) is 34.3 Å². The summed E-state index contributed by atoms with van der Waals surface area (Å²) in [6, 6.07) is 7.53. The van der Waals surface area contributed by atoms with Crippen LogP contribution in [-0.4, -0.2) is 6.54 Å². The Bertz CT molecular complexity index is 396. The lowest BCUT2D eigenvalue weighted by atomic mass is 10.2. The van der Waals surface area contributed by atoms with E-state index in [1.165, 1.54) is 0 Å². The Hall–Kier alpha value is -0.980. The maximum Gasteiger partial charge on any atom is 0.101 e. The highest BCUT2D eigenvalue weighted by Crippen LogP contribution is 2.20. The number of nitrogens with one attached hydrogen (secondary N) is 1. The van der Waals surface area contributed by atoms with Crippen molar-refractivity contribution in [2.75, 3.05) is 11.9 Å². The molecule has 0 saturated carbocycles. The molecular weight excluding hydrogens is 263 g/mol. The number of rotatable bonds is 3. The molecular formula is C10H8BrClN2. The Morgan fingerprint density at radius 3 is 2.93 bits per heavy atom. The van der Waals surface area contributed by atoms with Crippen molar-refractivity contribution in [1.29, 1.82) is 5.26 Å². The van der Waals surface area contributed by atoms with E-state index in [0.717, 1.165) is 10.2 Å². The van der Waals surface area contributed by atoms with Crippen molar-refractivity contribution < 1.29 is 0 Å². The maximum atomic E-state index is 8.84. The number of anilines is 1. The molecule has 1 aromatic rings. The van der Waals surface area contributed by atoms with Gasteiger partial charge in [0.1, 0.15) is 6.07 Å². The summed E-state index contributed by atoms with van der Waals surface area (Å²) in [7, 11) is 0. The average molecular weight is 272 g/mol. The number of hydrogen-bond acceptors (Lipinski definition) is 2. The molecule has 72 valence electrons. The molecule has 1 aromatic carbocycles. The molecule has 0 saturated heterocycles. The zero-order valence-corrected chi connectivity index (χ0v) is 9.69. The van der Waals surface area contributed by atoms with E-state index in [9.17, 15) is 0 Å². The van der Waals surface area contributed by atoms with E-state index in [-0.39, 0.29) is 0 Å². The zero-order valence-electron chi connectivity index (χ0n) is 7.35. The highest BCUT2D eigenvalue weighted by molar-refractivity contribution is 9.10. The van der Waals surface area contributed by atoms with Gasteiger partial charge in [-0.2, -0.15) is 5.26 Å². The highest BCUT2D eigenvalue weighted by atomic mass is 79.9. The predicted octanol–water partition coefficient (Wildman–Crippen LogP) is 3.49. The quantitative estimate of drug-likeness (QED) is 0.913. The summed E-state index contributed by atoms with van der Waals surface area (Å²) in [5.41, 5.74) is 1.34. The van der Waals surface area contributed by atoms with Gasteiger partial charge in [-0.1, -0.05) is 34.1 Å². The molecule has 4 heteroatoms. The van der Waals surface area contributed by atoms with E-state index in [0.29, 0.717) is 17.1 Å². The first-order chi connectivity index (χ1) is 6.63. The molecule has 0 aliphatic rings. The smallest absolute Gasteiger partial charge is 0.101 e. The fraction of sp³-hybridized carbons (Fsp3) is 0.100. The van der Waals surface area contributed by atoms with E-state index >= 15 is 0 Å². The Balaban J connectivity index is 2.87. The van der Waals surface area contributed by atoms with Crippen molar-refractivity contribution in [3.05, 3.63) is 39.8 Å². The van der Waals surface area contributed by atoms with Crippen LogP contribution >= 0.6 is 27.5 Å². The molecule has 0 aliphatic heterocycles. The highest BCUT2D eigenvalue weighted by Gasteiger charge is 2.01. The summed E-state index contributed by atoms with van der Waals surface area (Å²) in [6.45, 7) is 4.01. The van der Waals surface area contributed by atoms with Gasteiger partial charge in [-0.05, 0) is 18.2 Å². The number of benzene rings is 1. The van der Waals surface area contributed by atoms with Gasteiger partial charge in [0.05, 0.1) is 17.8 Å². The van der Waals surface area contributed by atoms with Crippen LogP contribution in [0.25, 0.3) is 0 Å². The number of halogens is 2. The summed E-state index contributed by atoms with van der Waals surface area (Å²) >= 11 is 8.90. The minimum Gasteiger partial charge on any atom is -0.379 e. The second-order valence-electron chi connectivity index (χ2n) is 2.67. The molecule has 14 heavy (non-hydrogen) atoms. The van der Waals surface area contributed by atoms with Crippen LogP contribution in [0.2, 0.25) is 0 Å². The van der Waals surface area contributed by atoms with E-state index in [2.05, 4.69) is 33.9 Å². The van der Waals surface area contributed by atoms with Crippen LogP contribution in [0.3, 0.4) is 0 Å². The second kappa shape index (κ2) is 5.04. The van der Waals surface area contributed by atoms with Gasteiger partial charge in [0.15, 0.2) is 0 Å². The predicted molar refractivity (Wildman–Crippen MR) is 62.3 cm³/mol. The third kappa shape index (κ3) is 3.06. The fourth-order valence-corrected chi connectivity index (χ4v) is 1.38. The van der Waals surface area contributed by atoms with Gasteiger partial charge in [0, 0.05) is 9.51 Å². The minimum atomic E-state index is 0.456. The van der Waals surface area contributed by atoms with Crippen LogP contribution in [0.1, 0.15) is 5.56 Å². The molecule has 0 aromatic heterocycles. The van der Waals surface area contributed by atoms with E-state index in [1.54, 1.807) is 6.07 Å². The molecule has 0 fully saturated rings. The molecule has 0 atom stereocenters. The van der Waals surface area contributed by atoms with Gasteiger partial charge in [-0.3, -0.25) is 0 Å². The minimum absolute atomic E-state index is 0.456. The van der Waals surface area contributed by atoms with Crippen LogP contribution in [0.5, 0.6) is 0 Å². The third-order valence-corrected chi connectivity index (χ3v) is 2.20. The van der Waals surface area contributed by atoms with Crippen molar-refractivity contribution in [3.63, 3.8) is 0 Å². The van der Waals surface area contributed by atoms with Gasteiger partial charge in [-0.25, -0.2) is 0 Å². The summed E-state index contributed by atoms with van der Waals surface area (Å²) < 4.78 is 0.879. The topological polar surface area (TPSA) is 35.8 Å². The standard InChI is InChI=1S/C10H8BrClN2/c1-7(12)6-14-10-3-2-9(11)4-8(10)5-13/h2-4,14H,1,6H2. The molecule has 0 aliphatic carbocycles. The van der Waals surface area contributed by atoms with Crippen molar-refractivity contribution in [2.45, 2.75) is 0 Å².